The number of anilines is 1. The van der Waals surface area contributed by atoms with Crippen LogP contribution in [0, 0.1) is 13.8 Å². The summed E-state index contributed by atoms with van der Waals surface area (Å²) in [5.41, 5.74) is 4.25. The lowest BCUT2D eigenvalue weighted by molar-refractivity contribution is 0.102. The molecule has 1 amide bonds. The average Bonchev–Trinajstić information content (AvgIpc) is 2.93. The van der Waals surface area contributed by atoms with E-state index in [1.54, 1.807) is 24.7 Å². The summed E-state index contributed by atoms with van der Waals surface area (Å²) in [6, 6.07) is 5.57. The van der Waals surface area contributed by atoms with Crippen LogP contribution in [0.1, 0.15) is 21.7 Å². The number of aryl methyl sites for hydroxylation is 2. The Labute approximate surface area is 132 Å². The van der Waals surface area contributed by atoms with Crippen molar-refractivity contribution in [1.29, 1.82) is 0 Å². The first-order valence-corrected chi connectivity index (χ1v) is 7.62. The lowest BCUT2D eigenvalue weighted by Crippen LogP contribution is -2.13. The van der Waals surface area contributed by atoms with Gasteiger partial charge in [-0.05, 0) is 43.2 Å². The van der Waals surface area contributed by atoms with Crippen molar-refractivity contribution < 1.29 is 4.79 Å². The number of hydrogen-bond donors (Lipinski definition) is 1. The van der Waals surface area contributed by atoms with E-state index in [0.29, 0.717) is 10.8 Å². The van der Waals surface area contributed by atoms with E-state index in [4.69, 9.17) is 0 Å². The monoisotopic (exact) mass is 310 g/mol. The molecular weight excluding hydrogens is 296 g/mol. The van der Waals surface area contributed by atoms with Crippen molar-refractivity contribution in [3.8, 4) is 11.1 Å². The number of thiazole rings is 1. The van der Waals surface area contributed by atoms with Gasteiger partial charge in [-0.25, -0.2) is 4.98 Å². The van der Waals surface area contributed by atoms with Crippen LogP contribution in [0.4, 0.5) is 5.13 Å². The fourth-order valence-corrected chi connectivity index (χ4v) is 2.74. The highest BCUT2D eigenvalue weighted by Crippen LogP contribution is 2.22. The first kappa shape index (κ1) is 14.3. The zero-order valence-electron chi connectivity index (χ0n) is 12.2. The standard InChI is InChI=1S/C16H14N4OS/c1-10-3-5-17-8-13(10)12-4-6-18-14(7-12)15(21)20-16-19-11(2)9-22-16/h3-9H,1-2H3,(H,19,20,21). The van der Waals surface area contributed by atoms with Crippen LogP contribution in [0.3, 0.4) is 0 Å². The van der Waals surface area contributed by atoms with Crippen molar-refractivity contribution >= 4 is 22.4 Å². The number of aromatic nitrogens is 3. The molecule has 3 heterocycles. The van der Waals surface area contributed by atoms with Crippen molar-refractivity contribution in [3.05, 3.63) is 59.1 Å². The van der Waals surface area contributed by atoms with E-state index >= 15 is 0 Å². The molecule has 110 valence electrons. The quantitative estimate of drug-likeness (QED) is 0.804. The van der Waals surface area contributed by atoms with Gasteiger partial charge in [-0.15, -0.1) is 11.3 Å². The maximum absolute atomic E-state index is 12.3. The number of rotatable bonds is 3. The Balaban J connectivity index is 1.88. The molecule has 0 radical (unpaired) electrons. The molecule has 0 saturated carbocycles. The van der Waals surface area contributed by atoms with E-state index in [1.807, 2.05) is 31.4 Å². The van der Waals surface area contributed by atoms with Crippen molar-refractivity contribution in [2.24, 2.45) is 0 Å². The van der Waals surface area contributed by atoms with E-state index in [1.165, 1.54) is 11.3 Å². The third kappa shape index (κ3) is 3.01. The van der Waals surface area contributed by atoms with Gasteiger partial charge in [0.25, 0.3) is 5.91 Å². The molecule has 0 aromatic carbocycles. The van der Waals surface area contributed by atoms with Crippen LogP contribution in [0.15, 0.2) is 42.2 Å². The number of pyridine rings is 2. The number of carbonyl (C=O) groups is 1. The molecule has 0 fully saturated rings. The van der Waals surface area contributed by atoms with Crippen LogP contribution in [0.2, 0.25) is 0 Å². The second-order valence-corrected chi connectivity index (χ2v) is 5.73. The average molecular weight is 310 g/mol. The van der Waals surface area contributed by atoms with E-state index in [9.17, 15) is 4.79 Å². The number of nitrogens with one attached hydrogen (secondary N) is 1. The molecule has 3 aromatic heterocycles. The van der Waals surface area contributed by atoms with Crippen LogP contribution < -0.4 is 5.32 Å². The van der Waals surface area contributed by atoms with Gasteiger partial charge in [0, 0.05) is 29.5 Å². The topological polar surface area (TPSA) is 67.8 Å². The minimum atomic E-state index is -0.266. The third-order valence-electron chi connectivity index (χ3n) is 3.18. The maximum Gasteiger partial charge on any atom is 0.276 e. The molecule has 1 N–H and O–H groups in total. The normalized spacial score (nSPS) is 10.5. The Hall–Kier alpha value is -2.60. The van der Waals surface area contributed by atoms with E-state index < -0.39 is 0 Å². The van der Waals surface area contributed by atoms with Gasteiger partial charge in [0.1, 0.15) is 5.69 Å². The molecule has 0 aliphatic carbocycles. The van der Waals surface area contributed by atoms with Crippen molar-refractivity contribution in [2.75, 3.05) is 5.32 Å². The molecule has 5 nitrogen and oxygen atoms in total. The fourth-order valence-electron chi connectivity index (χ4n) is 2.06. The van der Waals surface area contributed by atoms with E-state index in [2.05, 4.69) is 20.3 Å². The van der Waals surface area contributed by atoms with Gasteiger partial charge in [-0.1, -0.05) is 0 Å². The third-order valence-corrected chi connectivity index (χ3v) is 4.06. The van der Waals surface area contributed by atoms with E-state index in [0.717, 1.165) is 22.4 Å². The fraction of sp³-hybridized carbons (Fsp3) is 0.125. The van der Waals surface area contributed by atoms with Gasteiger partial charge in [0.15, 0.2) is 5.13 Å². The molecule has 0 atom stereocenters. The predicted octanol–water partition coefficient (Wildman–Crippen LogP) is 3.47. The van der Waals surface area contributed by atoms with Gasteiger partial charge in [-0.2, -0.15) is 0 Å². The Morgan fingerprint density at radius 3 is 2.82 bits per heavy atom. The number of carbonyl (C=O) groups excluding carboxylic acids is 1. The summed E-state index contributed by atoms with van der Waals surface area (Å²) < 4.78 is 0. The molecule has 22 heavy (non-hydrogen) atoms. The van der Waals surface area contributed by atoms with Crippen LogP contribution in [-0.4, -0.2) is 20.9 Å². The Morgan fingerprint density at radius 2 is 2.09 bits per heavy atom. The SMILES string of the molecule is Cc1csc(NC(=O)c2cc(-c3cnccc3C)ccn2)n1. The summed E-state index contributed by atoms with van der Waals surface area (Å²) in [7, 11) is 0. The predicted molar refractivity (Wildman–Crippen MR) is 87.0 cm³/mol. The highest BCUT2D eigenvalue weighted by atomic mass is 32.1. The smallest absolute Gasteiger partial charge is 0.276 e. The summed E-state index contributed by atoms with van der Waals surface area (Å²) in [6.07, 6.45) is 5.17. The molecule has 6 heteroatoms. The Kier molecular flexibility index (Phi) is 3.93. The first-order chi connectivity index (χ1) is 10.6. The van der Waals surface area contributed by atoms with Crippen LogP contribution in [0.25, 0.3) is 11.1 Å². The highest BCUT2D eigenvalue weighted by molar-refractivity contribution is 7.13. The molecule has 0 unspecified atom stereocenters. The van der Waals surface area contributed by atoms with Gasteiger partial charge >= 0.3 is 0 Å². The zero-order chi connectivity index (χ0) is 15.5. The van der Waals surface area contributed by atoms with Crippen molar-refractivity contribution in [1.82, 2.24) is 15.0 Å². The van der Waals surface area contributed by atoms with Gasteiger partial charge in [-0.3, -0.25) is 20.1 Å². The summed E-state index contributed by atoms with van der Waals surface area (Å²) in [4.78, 5) is 24.8. The highest BCUT2D eigenvalue weighted by Gasteiger charge is 2.11. The maximum atomic E-state index is 12.3. The Bertz CT molecular complexity index is 828. The molecule has 3 aromatic rings. The minimum Gasteiger partial charge on any atom is -0.296 e. The van der Waals surface area contributed by atoms with Gasteiger partial charge in [0.05, 0.1) is 5.69 Å². The molecular formula is C16H14N4OS. The van der Waals surface area contributed by atoms with Crippen molar-refractivity contribution in [3.63, 3.8) is 0 Å². The largest absolute Gasteiger partial charge is 0.296 e. The second-order valence-electron chi connectivity index (χ2n) is 4.87. The van der Waals surface area contributed by atoms with Crippen LogP contribution in [-0.2, 0) is 0 Å². The summed E-state index contributed by atoms with van der Waals surface area (Å²) in [5.74, 6) is -0.266. The molecule has 3 rings (SSSR count). The Morgan fingerprint density at radius 1 is 1.23 bits per heavy atom. The summed E-state index contributed by atoms with van der Waals surface area (Å²) in [5, 5.41) is 5.23. The van der Waals surface area contributed by atoms with Gasteiger partial charge < -0.3 is 0 Å². The lowest BCUT2D eigenvalue weighted by Gasteiger charge is -2.07. The summed E-state index contributed by atoms with van der Waals surface area (Å²) >= 11 is 1.39. The van der Waals surface area contributed by atoms with Gasteiger partial charge in [0.2, 0.25) is 0 Å². The molecule has 0 saturated heterocycles. The second kappa shape index (κ2) is 6.03. The molecule has 0 aliphatic heterocycles. The summed E-state index contributed by atoms with van der Waals surface area (Å²) in [6.45, 7) is 3.89. The first-order valence-electron chi connectivity index (χ1n) is 6.74. The number of nitrogens with zero attached hydrogens (tertiary/aromatic N) is 3. The number of amides is 1. The van der Waals surface area contributed by atoms with E-state index in [-0.39, 0.29) is 5.91 Å². The lowest BCUT2D eigenvalue weighted by atomic mass is 10.0. The number of hydrogen-bond acceptors (Lipinski definition) is 5. The zero-order valence-corrected chi connectivity index (χ0v) is 13.0. The minimum absolute atomic E-state index is 0.266. The van der Waals surface area contributed by atoms with Crippen molar-refractivity contribution in [2.45, 2.75) is 13.8 Å². The molecule has 0 bridgehead atoms. The van der Waals surface area contributed by atoms with Crippen LogP contribution in [0.5, 0.6) is 0 Å². The van der Waals surface area contributed by atoms with Crippen LogP contribution >= 0.6 is 11.3 Å². The molecule has 0 spiro atoms. The molecule has 0 aliphatic rings.